The minimum atomic E-state index is -0.240. The Bertz CT molecular complexity index is 436. The summed E-state index contributed by atoms with van der Waals surface area (Å²) in [5.74, 6) is -0.171. The molecule has 1 aromatic carbocycles. The lowest BCUT2D eigenvalue weighted by molar-refractivity contribution is -0.121. The van der Waals surface area contributed by atoms with E-state index in [-0.39, 0.29) is 24.1 Å². The number of halogens is 2. The summed E-state index contributed by atoms with van der Waals surface area (Å²) < 4.78 is 12.8. The Balaban J connectivity index is 0.00000242. The Kier molecular flexibility index (Phi) is 9.04. The summed E-state index contributed by atoms with van der Waals surface area (Å²) in [5.41, 5.74) is 0.993. The van der Waals surface area contributed by atoms with Crippen LogP contribution in [0.15, 0.2) is 24.3 Å². The zero-order valence-electron chi connectivity index (χ0n) is 12.8. The van der Waals surface area contributed by atoms with E-state index >= 15 is 0 Å². The molecule has 1 saturated heterocycles. The molecule has 2 N–H and O–H groups in total. The van der Waals surface area contributed by atoms with Crippen molar-refractivity contribution in [3.63, 3.8) is 0 Å². The van der Waals surface area contributed by atoms with Gasteiger partial charge < -0.3 is 15.5 Å². The molecule has 1 aliphatic rings. The van der Waals surface area contributed by atoms with Gasteiger partial charge in [0.05, 0.1) is 0 Å². The standard InChI is InChI=1S/C16H24FN3O.ClH/c17-15-5-2-14(3-6-15)4-7-16(21)19-8-1-11-20-12-9-18-10-13-20;/h2-3,5-6,18H,1,4,7-13H2,(H,19,21);1H. The lowest BCUT2D eigenvalue weighted by atomic mass is 10.1. The SMILES string of the molecule is Cl.O=C(CCc1ccc(F)cc1)NCCCN1CCNCC1. The quantitative estimate of drug-likeness (QED) is 0.747. The highest BCUT2D eigenvalue weighted by molar-refractivity contribution is 5.85. The summed E-state index contributed by atoms with van der Waals surface area (Å²) in [6.45, 7) is 6.08. The van der Waals surface area contributed by atoms with E-state index < -0.39 is 0 Å². The smallest absolute Gasteiger partial charge is 0.220 e. The van der Waals surface area contributed by atoms with Gasteiger partial charge in [-0.05, 0) is 37.1 Å². The molecule has 22 heavy (non-hydrogen) atoms. The molecular formula is C16H25ClFN3O. The molecule has 1 amide bonds. The molecule has 0 spiro atoms. The highest BCUT2D eigenvalue weighted by Crippen LogP contribution is 2.05. The van der Waals surface area contributed by atoms with Gasteiger partial charge >= 0.3 is 0 Å². The minimum absolute atomic E-state index is 0. The van der Waals surface area contributed by atoms with Crippen LogP contribution in [0.2, 0.25) is 0 Å². The van der Waals surface area contributed by atoms with E-state index in [2.05, 4.69) is 15.5 Å². The summed E-state index contributed by atoms with van der Waals surface area (Å²) in [7, 11) is 0. The molecule has 0 radical (unpaired) electrons. The van der Waals surface area contributed by atoms with Crippen molar-refractivity contribution in [3.8, 4) is 0 Å². The predicted molar refractivity (Wildman–Crippen MR) is 88.9 cm³/mol. The number of rotatable bonds is 7. The maximum Gasteiger partial charge on any atom is 0.220 e. The summed E-state index contributed by atoms with van der Waals surface area (Å²) in [6, 6.07) is 6.32. The largest absolute Gasteiger partial charge is 0.356 e. The number of aryl methyl sites for hydroxylation is 1. The van der Waals surface area contributed by atoms with E-state index in [9.17, 15) is 9.18 Å². The fraction of sp³-hybridized carbons (Fsp3) is 0.562. The monoisotopic (exact) mass is 329 g/mol. The second-order valence-corrected chi connectivity index (χ2v) is 5.42. The van der Waals surface area contributed by atoms with Gasteiger partial charge in [-0.15, -0.1) is 12.4 Å². The van der Waals surface area contributed by atoms with E-state index in [0.29, 0.717) is 12.8 Å². The van der Waals surface area contributed by atoms with Crippen LogP contribution in [-0.4, -0.2) is 50.1 Å². The van der Waals surface area contributed by atoms with Crippen LogP contribution in [0, 0.1) is 5.82 Å². The maximum absolute atomic E-state index is 12.8. The van der Waals surface area contributed by atoms with Crippen LogP contribution in [0.4, 0.5) is 4.39 Å². The molecule has 1 heterocycles. The Labute approximate surface area is 137 Å². The van der Waals surface area contributed by atoms with Crippen molar-refractivity contribution in [3.05, 3.63) is 35.6 Å². The van der Waals surface area contributed by atoms with E-state index in [1.807, 2.05) is 0 Å². The molecule has 1 aromatic rings. The summed E-state index contributed by atoms with van der Waals surface area (Å²) in [6.07, 6.45) is 2.10. The van der Waals surface area contributed by atoms with Gasteiger partial charge in [-0.2, -0.15) is 0 Å². The number of piperazine rings is 1. The number of benzene rings is 1. The van der Waals surface area contributed by atoms with Gasteiger partial charge in [0.25, 0.3) is 0 Å². The lowest BCUT2D eigenvalue weighted by Gasteiger charge is -2.27. The molecule has 0 aliphatic carbocycles. The van der Waals surface area contributed by atoms with Crippen molar-refractivity contribution in [2.24, 2.45) is 0 Å². The summed E-state index contributed by atoms with van der Waals surface area (Å²) in [5, 5.41) is 6.27. The fourth-order valence-electron chi connectivity index (χ4n) is 2.46. The molecule has 124 valence electrons. The first-order chi connectivity index (χ1) is 10.2. The van der Waals surface area contributed by atoms with Crippen LogP contribution in [0.25, 0.3) is 0 Å². The number of amides is 1. The van der Waals surface area contributed by atoms with Gasteiger partial charge in [-0.25, -0.2) is 4.39 Å². The highest BCUT2D eigenvalue weighted by atomic mass is 35.5. The molecule has 0 atom stereocenters. The lowest BCUT2D eigenvalue weighted by Crippen LogP contribution is -2.44. The number of carbonyl (C=O) groups is 1. The third-order valence-corrected chi connectivity index (χ3v) is 3.74. The van der Waals surface area contributed by atoms with Gasteiger partial charge in [-0.3, -0.25) is 4.79 Å². The fourth-order valence-corrected chi connectivity index (χ4v) is 2.46. The molecule has 1 fully saturated rings. The van der Waals surface area contributed by atoms with Gasteiger partial charge in [0.1, 0.15) is 5.82 Å². The van der Waals surface area contributed by atoms with Crippen LogP contribution in [-0.2, 0) is 11.2 Å². The van der Waals surface area contributed by atoms with E-state index in [0.717, 1.165) is 51.3 Å². The normalized spacial score (nSPS) is 15.1. The molecule has 0 bridgehead atoms. The summed E-state index contributed by atoms with van der Waals surface area (Å²) >= 11 is 0. The minimum Gasteiger partial charge on any atom is -0.356 e. The van der Waals surface area contributed by atoms with Crippen LogP contribution in [0.5, 0.6) is 0 Å². The first-order valence-corrected chi connectivity index (χ1v) is 7.68. The molecule has 0 unspecified atom stereocenters. The third kappa shape index (κ3) is 7.20. The first kappa shape index (κ1) is 18.9. The third-order valence-electron chi connectivity index (χ3n) is 3.74. The molecular weight excluding hydrogens is 305 g/mol. The Morgan fingerprint density at radius 2 is 1.91 bits per heavy atom. The predicted octanol–water partition coefficient (Wildman–Crippen LogP) is 1.59. The molecule has 6 heteroatoms. The van der Waals surface area contributed by atoms with Crippen LogP contribution in [0.1, 0.15) is 18.4 Å². The Morgan fingerprint density at radius 3 is 2.59 bits per heavy atom. The highest BCUT2D eigenvalue weighted by Gasteiger charge is 2.08. The Hall–Kier alpha value is -1.17. The van der Waals surface area contributed by atoms with Crippen molar-refractivity contribution < 1.29 is 9.18 Å². The second kappa shape index (κ2) is 10.5. The van der Waals surface area contributed by atoms with Gasteiger partial charge in [0.15, 0.2) is 0 Å². The average molecular weight is 330 g/mol. The van der Waals surface area contributed by atoms with Crippen LogP contribution in [0.3, 0.4) is 0 Å². The average Bonchev–Trinajstić information content (AvgIpc) is 2.52. The van der Waals surface area contributed by atoms with Gasteiger partial charge in [0.2, 0.25) is 5.91 Å². The molecule has 0 saturated carbocycles. The topological polar surface area (TPSA) is 44.4 Å². The number of hydrogen-bond donors (Lipinski definition) is 2. The van der Waals surface area contributed by atoms with Gasteiger partial charge in [-0.1, -0.05) is 12.1 Å². The number of hydrogen-bond acceptors (Lipinski definition) is 3. The van der Waals surface area contributed by atoms with Crippen molar-refractivity contribution in [1.82, 2.24) is 15.5 Å². The van der Waals surface area contributed by atoms with Crippen LogP contribution < -0.4 is 10.6 Å². The van der Waals surface area contributed by atoms with Crippen molar-refractivity contribution >= 4 is 18.3 Å². The van der Waals surface area contributed by atoms with E-state index in [1.165, 1.54) is 12.1 Å². The Morgan fingerprint density at radius 1 is 1.23 bits per heavy atom. The molecule has 2 rings (SSSR count). The number of nitrogens with one attached hydrogen (secondary N) is 2. The zero-order valence-corrected chi connectivity index (χ0v) is 13.6. The molecule has 0 aromatic heterocycles. The van der Waals surface area contributed by atoms with Crippen molar-refractivity contribution in [1.29, 1.82) is 0 Å². The van der Waals surface area contributed by atoms with Gasteiger partial charge in [0, 0.05) is 39.1 Å². The van der Waals surface area contributed by atoms with E-state index in [1.54, 1.807) is 12.1 Å². The molecule has 1 aliphatic heterocycles. The number of carbonyl (C=O) groups excluding carboxylic acids is 1. The zero-order chi connectivity index (χ0) is 14.9. The number of nitrogens with zero attached hydrogens (tertiary/aromatic N) is 1. The van der Waals surface area contributed by atoms with Crippen molar-refractivity contribution in [2.75, 3.05) is 39.3 Å². The van der Waals surface area contributed by atoms with Crippen LogP contribution >= 0.6 is 12.4 Å². The summed E-state index contributed by atoms with van der Waals surface area (Å²) in [4.78, 5) is 14.1. The van der Waals surface area contributed by atoms with Crippen molar-refractivity contribution in [2.45, 2.75) is 19.3 Å². The first-order valence-electron chi connectivity index (χ1n) is 7.68. The second-order valence-electron chi connectivity index (χ2n) is 5.42. The van der Waals surface area contributed by atoms with E-state index in [4.69, 9.17) is 0 Å². The maximum atomic E-state index is 12.8. The molecule has 4 nitrogen and oxygen atoms in total.